The van der Waals surface area contributed by atoms with Gasteiger partial charge in [0.1, 0.15) is 46.6 Å². The van der Waals surface area contributed by atoms with Crippen LogP contribution in [0.4, 0.5) is 19.2 Å². The van der Waals surface area contributed by atoms with E-state index in [1.165, 1.54) is 28.4 Å². The number of rotatable bonds is 20. The number of ether oxygens (including phenoxy) is 8. The van der Waals surface area contributed by atoms with Crippen molar-refractivity contribution in [3.05, 3.63) is 283 Å². The molecule has 0 saturated heterocycles. The van der Waals surface area contributed by atoms with Gasteiger partial charge in [0.15, 0.2) is 0 Å². The molecule has 584 valence electrons. The summed E-state index contributed by atoms with van der Waals surface area (Å²) in [7, 11) is 5.03. The lowest BCUT2D eigenvalue weighted by Crippen LogP contribution is -2.45. The molecule has 0 heterocycles. The third-order valence-electron chi connectivity index (χ3n) is 17.0. The number of esters is 4. The largest absolute Gasteiger partial charge is 0.467 e. The smallest absolute Gasteiger partial charge is 0.408 e. The Kier molecular flexibility index (Phi) is 29.2. The van der Waals surface area contributed by atoms with Crippen LogP contribution in [0.15, 0.2) is 194 Å². The van der Waals surface area contributed by atoms with Gasteiger partial charge in [0.05, 0.1) is 33.9 Å². The number of carbonyl (C=O) groups is 8. The molecule has 20 heteroatoms. The van der Waals surface area contributed by atoms with Gasteiger partial charge in [0.25, 0.3) is 0 Å². The first-order chi connectivity index (χ1) is 53.5. The Balaban J connectivity index is 1.18. The van der Waals surface area contributed by atoms with E-state index in [0.717, 1.165) is 66.8 Å². The molecule has 0 aliphatic carbocycles. The molecule has 0 saturated carbocycles. The van der Waals surface area contributed by atoms with Gasteiger partial charge in [-0.1, -0.05) is 144 Å². The van der Waals surface area contributed by atoms with Gasteiger partial charge < -0.3 is 59.2 Å². The van der Waals surface area contributed by atoms with Gasteiger partial charge in [-0.15, -0.1) is 0 Å². The molecule has 0 fully saturated rings. The van der Waals surface area contributed by atoms with E-state index < -0.39 is 100 Å². The summed E-state index contributed by atoms with van der Waals surface area (Å²) in [6.45, 7) is 20.8. The van der Waals surface area contributed by atoms with Gasteiger partial charge in [-0.2, -0.15) is 0 Å². The minimum absolute atomic E-state index is 0.148. The van der Waals surface area contributed by atoms with Gasteiger partial charge >= 0.3 is 48.3 Å². The second-order valence-electron chi connectivity index (χ2n) is 30.6. The van der Waals surface area contributed by atoms with E-state index in [1.54, 1.807) is 83.1 Å². The van der Waals surface area contributed by atoms with Crippen LogP contribution >= 0.6 is 0 Å². The highest BCUT2D eigenvalue weighted by atomic mass is 16.6. The second-order valence-corrected chi connectivity index (χ2v) is 30.6. The molecule has 0 aliphatic heterocycles. The molecule has 20 nitrogen and oxygen atoms in total. The van der Waals surface area contributed by atoms with Crippen LogP contribution in [0.5, 0.6) is 0 Å². The van der Waals surface area contributed by atoms with E-state index >= 15 is 0 Å². The molecule has 4 N–H and O–H groups in total. The van der Waals surface area contributed by atoms with E-state index in [-0.39, 0.29) is 25.7 Å². The molecule has 0 radical (unpaired) electrons. The Morgan fingerprint density at radius 3 is 0.522 bits per heavy atom. The van der Waals surface area contributed by atoms with Crippen molar-refractivity contribution >= 4 is 48.3 Å². The van der Waals surface area contributed by atoms with Crippen molar-refractivity contribution in [2.24, 2.45) is 0 Å². The van der Waals surface area contributed by atoms with Gasteiger partial charge in [-0.05, 0) is 225 Å². The predicted molar refractivity (Wildman–Crippen MR) is 430 cm³/mol. The topological polar surface area (TPSA) is 259 Å². The maximum absolute atomic E-state index is 12.8. The highest BCUT2D eigenvalue weighted by Gasteiger charge is 2.39. The fourth-order valence-electron chi connectivity index (χ4n) is 11.8. The summed E-state index contributed by atoms with van der Waals surface area (Å²) < 4.78 is 41.7. The highest BCUT2D eigenvalue weighted by Crippen LogP contribution is 2.46. The third kappa shape index (κ3) is 26.6. The average Bonchev–Trinajstić information content (AvgIpc) is 0.731. The minimum Gasteiger partial charge on any atom is -0.467 e. The SMILES string of the molecule is COC(=O)[C@H](Cc1ccc(C#Cc2ccc(C(c3ccc(C#Cc4ccc(C[C@H](NC(=O)OC(C)(C)C)C(=O)OC)cc4)cc3)(c3ccc(C#Cc4ccc(C[C@H](NC(=O)OC(C)(C)C)C(=O)OC)cc4)cc3)c3ccc(C#Cc4ccc(C[C@H](NC(=O)OC(C)(C)C)C(=O)OC)cc4)cc3)cc2)cc1)NC(=O)OC(C)(C)C. The molecule has 8 aromatic carbocycles. The van der Waals surface area contributed by atoms with Crippen LogP contribution < -0.4 is 21.3 Å². The van der Waals surface area contributed by atoms with Crippen LogP contribution in [0.3, 0.4) is 0 Å². The van der Waals surface area contributed by atoms with Gasteiger partial charge in [0, 0.05) is 70.2 Å². The number of hydrogen-bond acceptors (Lipinski definition) is 16. The summed E-state index contributed by atoms with van der Waals surface area (Å²) in [5.41, 5.74) is 8.11. The number of hydrogen-bond donors (Lipinski definition) is 4. The van der Waals surface area contributed by atoms with Crippen molar-refractivity contribution in [1.29, 1.82) is 0 Å². The third-order valence-corrected chi connectivity index (χ3v) is 17.0. The fourth-order valence-corrected chi connectivity index (χ4v) is 11.8. The molecule has 113 heavy (non-hydrogen) atoms. The summed E-state index contributed by atoms with van der Waals surface area (Å²) >= 11 is 0. The summed E-state index contributed by atoms with van der Waals surface area (Å²) in [5, 5.41) is 10.5. The Hall–Kier alpha value is -13.0. The normalized spacial score (nSPS) is 12.2. The van der Waals surface area contributed by atoms with Crippen LogP contribution in [0.2, 0.25) is 0 Å². The standard InChI is InChI=1S/C93H96N4O16/c1-89(2,3)110-85(102)94-77(81(98)106-13)57-69-33-25-61(26-34-69)17-21-65-41-49-73(50-42-65)93(74-51-43-66(44-52-74)22-18-62-27-35-70(36-28-62)58-78(82(99)107-14)95-86(103)111-90(4,5)6,75-53-45-67(46-54-75)23-19-63-29-37-71(38-30-63)59-79(83(100)108-15)96-87(104)112-91(7,8)9)76-55-47-68(48-56-76)24-20-64-31-39-72(40-32-64)60-80(84(101)109-16)97-88(105)113-92(10,11)12/h25-56,77-80H,57-60H2,1-16H3,(H,94,102)(H,95,103)(H,96,104)(H,97,105)/t77-,78-,79-,80-/m0/s1. The molecule has 4 atom stereocenters. The predicted octanol–water partition coefficient (Wildman–Crippen LogP) is 14.1. The second kappa shape index (κ2) is 38.5. The number of methoxy groups -OCH3 is 4. The van der Waals surface area contributed by atoms with E-state index in [9.17, 15) is 38.4 Å². The Labute approximate surface area is 662 Å². The Bertz CT molecular complexity index is 4310. The maximum atomic E-state index is 12.8. The highest BCUT2D eigenvalue weighted by molar-refractivity contribution is 5.84. The number of benzene rings is 8. The van der Waals surface area contributed by atoms with Crippen molar-refractivity contribution < 1.29 is 76.3 Å². The first-order valence-corrected chi connectivity index (χ1v) is 36.6. The lowest BCUT2D eigenvalue weighted by atomic mass is 9.65. The van der Waals surface area contributed by atoms with Gasteiger partial charge in [-0.3, -0.25) is 0 Å². The van der Waals surface area contributed by atoms with E-state index in [4.69, 9.17) is 37.9 Å². The van der Waals surface area contributed by atoms with Crippen LogP contribution in [-0.2, 0) is 88.2 Å². The van der Waals surface area contributed by atoms with Gasteiger partial charge in [-0.25, -0.2) is 38.4 Å². The molecule has 8 aromatic rings. The van der Waals surface area contributed by atoms with Crippen molar-refractivity contribution in [2.45, 2.75) is 161 Å². The molecule has 4 amide bonds. The first kappa shape index (κ1) is 85.6. The molecular formula is C93H96N4O16. The van der Waals surface area contributed by atoms with Crippen LogP contribution in [0.1, 0.15) is 172 Å². The maximum Gasteiger partial charge on any atom is 0.408 e. The zero-order valence-electron chi connectivity index (χ0n) is 66.6. The van der Waals surface area contributed by atoms with E-state index in [0.29, 0.717) is 22.3 Å². The number of alkyl carbamates (subject to hydrolysis) is 4. The molecule has 0 unspecified atom stereocenters. The molecule has 0 bridgehead atoms. The molecular weight excluding hydrogens is 1430 g/mol. The fraction of sp³-hybridized carbons (Fsp3) is 0.312. The Morgan fingerprint density at radius 2 is 0.389 bits per heavy atom. The van der Waals surface area contributed by atoms with Crippen molar-refractivity contribution in [2.75, 3.05) is 28.4 Å². The van der Waals surface area contributed by atoms with Crippen LogP contribution in [0, 0.1) is 47.4 Å². The molecule has 0 spiro atoms. The van der Waals surface area contributed by atoms with Crippen molar-refractivity contribution in [3.8, 4) is 47.4 Å². The number of amides is 4. The van der Waals surface area contributed by atoms with E-state index in [1.807, 2.05) is 146 Å². The number of carbonyl (C=O) groups excluding carboxylic acids is 8. The average molecular weight is 1530 g/mol. The van der Waals surface area contributed by atoms with Crippen LogP contribution in [-0.4, -0.2) is 123 Å². The first-order valence-electron chi connectivity index (χ1n) is 36.6. The lowest BCUT2D eigenvalue weighted by molar-refractivity contribution is -0.143. The quantitative estimate of drug-likeness (QED) is 0.0239. The van der Waals surface area contributed by atoms with Gasteiger partial charge in [0.2, 0.25) is 0 Å². The number of nitrogens with one attached hydrogen (secondary N) is 4. The zero-order chi connectivity index (χ0) is 82.3. The minimum atomic E-state index is -1.05. The Morgan fingerprint density at radius 1 is 0.248 bits per heavy atom. The molecule has 0 aliphatic rings. The summed E-state index contributed by atoms with van der Waals surface area (Å²) in [5.74, 6) is 24.0. The van der Waals surface area contributed by atoms with Crippen molar-refractivity contribution in [3.63, 3.8) is 0 Å². The molecule has 8 rings (SSSR count). The summed E-state index contributed by atoms with van der Waals surface area (Å²) in [6.07, 6.45) is -2.37. The van der Waals surface area contributed by atoms with E-state index in [2.05, 4.69) is 117 Å². The lowest BCUT2D eigenvalue weighted by Gasteiger charge is -2.37. The van der Waals surface area contributed by atoms with Crippen molar-refractivity contribution in [1.82, 2.24) is 21.3 Å². The monoisotopic (exact) mass is 1520 g/mol. The molecule has 0 aromatic heterocycles. The van der Waals surface area contributed by atoms with Crippen LogP contribution in [0.25, 0.3) is 0 Å². The zero-order valence-corrected chi connectivity index (χ0v) is 66.6. The summed E-state index contributed by atoms with van der Waals surface area (Å²) in [4.78, 5) is 102. The summed E-state index contributed by atoms with van der Waals surface area (Å²) in [6, 6.07) is 57.8.